The van der Waals surface area contributed by atoms with E-state index in [1.165, 1.54) is 4.90 Å². The van der Waals surface area contributed by atoms with Crippen LogP contribution in [0.1, 0.15) is 40.0 Å². The van der Waals surface area contributed by atoms with Gasteiger partial charge >= 0.3 is 6.18 Å². The molecule has 1 aliphatic carbocycles. The lowest BCUT2D eigenvalue weighted by atomic mass is 9.79. The predicted octanol–water partition coefficient (Wildman–Crippen LogP) is 3.02. The molecule has 1 fully saturated rings. The van der Waals surface area contributed by atoms with E-state index in [4.69, 9.17) is 5.73 Å². The summed E-state index contributed by atoms with van der Waals surface area (Å²) in [5, 5.41) is 0. The number of halogens is 3. The summed E-state index contributed by atoms with van der Waals surface area (Å²) in [5.74, 6) is 0.771. The monoisotopic (exact) mass is 266 g/mol. The SMILES string of the molecule is CC1CCC(N)C(CN(CC(F)(F)F)C(C)C)C1. The molecule has 0 aliphatic heterocycles. The molecule has 0 radical (unpaired) electrons. The van der Waals surface area contributed by atoms with Crippen LogP contribution >= 0.6 is 0 Å². The molecule has 3 unspecified atom stereocenters. The number of hydrogen-bond acceptors (Lipinski definition) is 2. The van der Waals surface area contributed by atoms with E-state index in [0.717, 1.165) is 19.3 Å². The normalized spacial score (nSPS) is 30.2. The second-order valence-electron chi connectivity index (χ2n) is 5.98. The average molecular weight is 266 g/mol. The number of nitrogens with two attached hydrogens (primary N) is 1. The van der Waals surface area contributed by atoms with Crippen molar-refractivity contribution in [3.8, 4) is 0 Å². The van der Waals surface area contributed by atoms with Crippen LogP contribution in [0, 0.1) is 11.8 Å². The average Bonchev–Trinajstić information content (AvgIpc) is 2.20. The summed E-state index contributed by atoms with van der Waals surface area (Å²) < 4.78 is 37.6. The molecule has 0 heterocycles. The first-order valence-electron chi connectivity index (χ1n) is 6.75. The third-order valence-corrected chi connectivity index (χ3v) is 3.89. The van der Waals surface area contributed by atoms with Crippen molar-refractivity contribution >= 4 is 0 Å². The Balaban J connectivity index is 2.59. The highest BCUT2D eigenvalue weighted by molar-refractivity contribution is 4.84. The van der Waals surface area contributed by atoms with Gasteiger partial charge in [-0.25, -0.2) is 0 Å². The summed E-state index contributed by atoms with van der Waals surface area (Å²) in [6, 6.07) is -0.0493. The Bertz CT molecular complexity index is 253. The van der Waals surface area contributed by atoms with Crippen molar-refractivity contribution < 1.29 is 13.2 Å². The first-order chi connectivity index (χ1) is 8.19. The lowest BCUT2D eigenvalue weighted by molar-refractivity contribution is -0.151. The summed E-state index contributed by atoms with van der Waals surface area (Å²) in [6.45, 7) is 5.40. The smallest absolute Gasteiger partial charge is 0.327 e. The molecule has 3 atom stereocenters. The van der Waals surface area contributed by atoms with Crippen molar-refractivity contribution in [2.45, 2.75) is 58.3 Å². The molecule has 2 nitrogen and oxygen atoms in total. The maximum Gasteiger partial charge on any atom is 0.401 e. The Labute approximate surface area is 108 Å². The van der Waals surface area contributed by atoms with Gasteiger partial charge < -0.3 is 5.73 Å². The summed E-state index contributed by atoms with van der Waals surface area (Å²) in [7, 11) is 0. The maximum absolute atomic E-state index is 12.5. The Kier molecular flexibility index (Phi) is 5.46. The minimum absolute atomic E-state index is 0.0516. The van der Waals surface area contributed by atoms with Gasteiger partial charge in [0.15, 0.2) is 0 Å². The van der Waals surface area contributed by atoms with Crippen LogP contribution in [0.25, 0.3) is 0 Å². The highest BCUT2D eigenvalue weighted by Gasteiger charge is 2.34. The van der Waals surface area contributed by atoms with E-state index in [2.05, 4.69) is 6.92 Å². The van der Waals surface area contributed by atoms with Crippen LogP contribution in [0.5, 0.6) is 0 Å². The molecule has 0 aromatic rings. The van der Waals surface area contributed by atoms with Crippen molar-refractivity contribution in [1.82, 2.24) is 4.90 Å². The third kappa shape index (κ3) is 5.14. The van der Waals surface area contributed by atoms with E-state index >= 15 is 0 Å². The zero-order chi connectivity index (χ0) is 13.9. The summed E-state index contributed by atoms with van der Waals surface area (Å²) >= 11 is 0. The van der Waals surface area contributed by atoms with E-state index in [9.17, 15) is 13.2 Å². The number of nitrogens with zero attached hydrogens (tertiary/aromatic N) is 1. The standard InChI is InChI=1S/C13H25F3N2/c1-9(2)18(8-13(14,15)16)7-11-6-10(3)4-5-12(11)17/h9-12H,4-8,17H2,1-3H3. The lowest BCUT2D eigenvalue weighted by Crippen LogP contribution is -2.47. The number of alkyl halides is 3. The van der Waals surface area contributed by atoms with E-state index in [1.54, 1.807) is 0 Å². The molecule has 0 bridgehead atoms. The van der Waals surface area contributed by atoms with E-state index in [-0.39, 0.29) is 18.0 Å². The number of hydrogen-bond donors (Lipinski definition) is 1. The van der Waals surface area contributed by atoms with Gasteiger partial charge in [0.25, 0.3) is 0 Å². The van der Waals surface area contributed by atoms with Gasteiger partial charge in [-0.1, -0.05) is 6.92 Å². The highest BCUT2D eigenvalue weighted by Crippen LogP contribution is 2.29. The zero-order valence-corrected chi connectivity index (χ0v) is 11.5. The van der Waals surface area contributed by atoms with Crippen LogP contribution in [0.2, 0.25) is 0 Å². The van der Waals surface area contributed by atoms with Gasteiger partial charge in [0.1, 0.15) is 0 Å². The molecule has 108 valence electrons. The predicted molar refractivity (Wildman–Crippen MR) is 67.2 cm³/mol. The largest absolute Gasteiger partial charge is 0.401 e. The zero-order valence-electron chi connectivity index (χ0n) is 11.5. The molecular formula is C13H25F3N2. The second-order valence-corrected chi connectivity index (χ2v) is 5.98. The molecule has 0 saturated heterocycles. The molecule has 0 aromatic carbocycles. The molecule has 1 aliphatic rings. The Morgan fingerprint density at radius 1 is 1.28 bits per heavy atom. The van der Waals surface area contributed by atoms with Crippen molar-refractivity contribution in [2.75, 3.05) is 13.1 Å². The summed E-state index contributed by atoms with van der Waals surface area (Å²) in [6.07, 6.45) is -1.15. The van der Waals surface area contributed by atoms with Crippen molar-refractivity contribution in [3.63, 3.8) is 0 Å². The van der Waals surface area contributed by atoms with Gasteiger partial charge in [-0.2, -0.15) is 13.2 Å². The lowest BCUT2D eigenvalue weighted by Gasteiger charge is -2.38. The minimum atomic E-state index is -4.13. The Morgan fingerprint density at radius 3 is 2.39 bits per heavy atom. The van der Waals surface area contributed by atoms with Gasteiger partial charge in [-0.05, 0) is 44.9 Å². The molecule has 0 spiro atoms. The molecule has 1 saturated carbocycles. The van der Waals surface area contributed by atoms with E-state index < -0.39 is 12.7 Å². The van der Waals surface area contributed by atoms with Crippen molar-refractivity contribution in [1.29, 1.82) is 0 Å². The highest BCUT2D eigenvalue weighted by atomic mass is 19.4. The minimum Gasteiger partial charge on any atom is -0.327 e. The topological polar surface area (TPSA) is 29.3 Å². The summed E-state index contributed by atoms with van der Waals surface area (Å²) in [4.78, 5) is 1.50. The van der Waals surface area contributed by atoms with Crippen LogP contribution in [0.4, 0.5) is 13.2 Å². The van der Waals surface area contributed by atoms with E-state index in [0.29, 0.717) is 12.5 Å². The molecule has 0 amide bonds. The van der Waals surface area contributed by atoms with E-state index in [1.807, 2.05) is 13.8 Å². The van der Waals surface area contributed by atoms with Crippen LogP contribution in [0.3, 0.4) is 0 Å². The first-order valence-corrected chi connectivity index (χ1v) is 6.75. The van der Waals surface area contributed by atoms with Crippen molar-refractivity contribution in [2.24, 2.45) is 17.6 Å². The summed E-state index contributed by atoms with van der Waals surface area (Å²) in [5.41, 5.74) is 6.05. The quantitative estimate of drug-likeness (QED) is 0.847. The fraction of sp³-hybridized carbons (Fsp3) is 1.00. The number of rotatable bonds is 4. The fourth-order valence-corrected chi connectivity index (χ4v) is 2.72. The van der Waals surface area contributed by atoms with Gasteiger partial charge in [0, 0.05) is 18.6 Å². The fourth-order valence-electron chi connectivity index (χ4n) is 2.72. The van der Waals surface area contributed by atoms with Gasteiger partial charge in [0.05, 0.1) is 6.54 Å². The molecular weight excluding hydrogens is 241 g/mol. The van der Waals surface area contributed by atoms with Gasteiger partial charge in [0.2, 0.25) is 0 Å². The third-order valence-electron chi connectivity index (χ3n) is 3.89. The van der Waals surface area contributed by atoms with Crippen LogP contribution in [0.15, 0.2) is 0 Å². The van der Waals surface area contributed by atoms with Crippen LogP contribution in [-0.2, 0) is 0 Å². The maximum atomic E-state index is 12.5. The Morgan fingerprint density at radius 2 is 1.89 bits per heavy atom. The Hall–Kier alpha value is -0.290. The van der Waals surface area contributed by atoms with Gasteiger partial charge in [-0.3, -0.25) is 4.90 Å². The van der Waals surface area contributed by atoms with Crippen LogP contribution in [-0.4, -0.2) is 36.2 Å². The van der Waals surface area contributed by atoms with Gasteiger partial charge in [-0.15, -0.1) is 0 Å². The molecule has 5 heteroatoms. The molecule has 2 N–H and O–H groups in total. The first kappa shape index (κ1) is 15.8. The van der Waals surface area contributed by atoms with Crippen molar-refractivity contribution in [3.05, 3.63) is 0 Å². The van der Waals surface area contributed by atoms with Crippen LogP contribution < -0.4 is 5.73 Å². The molecule has 0 aromatic heterocycles. The second kappa shape index (κ2) is 6.24. The molecule has 1 rings (SSSR count). The molecule has 18 heavy (non-hydrogen) atoms.